The number of aliphatic imine (C=N–C) groups is 1. The first-order valence-electron chi connectivity index (χ1n) is 29.0. The molecule has 1 heterocycles. The summed E-state index contributed by atoms with van der Waals surface area (Å²) >= 11 is 12.4. The highest BCUT2D eigenvalue weighted by Gasteiger charge is 2.39. The van der Waals surface area contributed by atoms with E-state index >= 15 is 0 Å². The van der Waals surface area contributed by atoms with Gasteiger partial charge in [0, 0.05) is 47.4 Å². The zero-order valence-electron chi connectivity index (χ0n) is 50.1. The van der Waals surface area contributed by atoms with E-state index in [0.717, 1.165) is 5.56 Å². The van der Waals surface area contributed by atoms with Crippen molar-refractivity contribution < 1.29 is 65.7 Å². The van der Waals surface area contributed by atoms with Crippen molar-refractivity contribution in [3.8, 4) is 0 Å². The quantitative estimate of drug-likeness (QED) is 0.00829. The summed E-state index contributed by atoms with van der Waals surface area (Å²) in [5.74, 6) is -4.05. The first kappa shape index (κ1) is 70.6. The predicted molar refractivity (Wildman–Crippen MR) is 330 cm³/mol. The van der Waals surface area contributed by atoms with Gasteiger partial charge in [0.25, 0.3) is 10.0 Å². The van der Waals surface area contributed by atoms with Gasteiger partial charge in [0.05, 0.1) is 4.90 Å². The number of carbonyl (C=O) groups is 8. The number of unbranched alkanes of at least 4 members (excludes halogenated alkanes) is 2. The molecule has 4 aromatic carbocycles. The Morgan fingerprint density at radius 3 is 1.77 bits per heavy atom. The molecule has 27 heteroatoms. The van der Waals surface area contributed by atoms with E-state index in [2.05, 4.69) is 41.6 Å². The number of ether oxygens (including phenoxy) is 4. The maximum Gasteiger partial charge on any atom is 0.408 e. The zero-order valence-corrected chi connectivity index (χ0v) is 52.4. The van der Waals surface area contributed by atoms with Crippen molar-refractivity contribution in [3.05, 3.63) is 135 Å². The molecule has 1 saturated heterocycles. The summed E-state index contributed by atoms with van der Waals surface area (Å²) in [7, 11) is -4.10. The summed E-state index contributed by atoms with van der Waals surface area (Å²) in [4.78, 5) is 114. The number of hydrogen-bond acceptors (Lipinski definition) is 15. The number of sulfonamides is 1. The molecule has 7 amide bonds. The molecule has 1 aliphatic heterocycles. The van der Waals surface area contributed by atoms with Gasteiger partial charge in [0.2, 0.25) is 29.6 Å². The Hall–Kier alpha value is -8.16. The fourth-order valence-corrected chi connectivity index (χ4v) is 10.2. The van der Waals surface area contributed by atoms with Crippen molar-refractivity contribution in [1.82, 2.24) is 41.5 Å². The van der Waals surface area contributed by atoms with Crippen LogP contribution in [0.3, 0.4) is 0 Å². The largest absolute Gasteiger partial charge is 0.459 e. The van der Waals surface area contributed by atoms with E-state index in [0.29, 0.717) is 52.4 Å². The number of hydrogen-bond donors (Lipinski definition) is 8. The second-order valence-corrected chi connectivity index (χ2v) is 24.3. The fraction of sp³-hybridized carbons (Fsp3) is 0.459. The van der Waals surface area contributed by atoms with Crippen molar-refractivity contribution in [1.29, 1.82) is 0 Å². The number of alkyl carbamates (subject to hydrolysis) is 3. The summed E-state index contributed by atoms with van der Waals surface area (Å²) in [5, 5.41) is 16.9. The molecule has 1 fully saturated rings. The van der Waals surface area contributed by atoms with Gasteiger partial charge in [-0.25, -0.2) is 32.3 Å². The number of benzene rings is 4. The molecule has 5 atom stereocenters. The Balaban J connectivity index is 1.26. The van der Waals surface area contributed by atoms with E-state index < -0.39 is 99.7 Å². The summed E-state index contributed by atoms with van der Waals surface area (Å²) in [5.41, 5.74) is 7.86. The van der Waals surface area contributed by atoms with Gasteiger partial charge in [-0.05, 0) is 129 Å². The third-order valence-corrected chi connectivity index (χ3v) is 15.7. The molecule has 9 N–H and O–H groups in total. The molecule has 24 nitrogen and oxygen atoms in total. The Morgan fingerprint density at radius 1 is 0.648 bits per heavy atom. The van der Waals surface area contributed by atoms with Crippen LogP contribution >= 0.6 is 23.2 Å². The number of guanidine groups is 1. The Morgan fingerprint density at radius 2 is 1.19 bits per heavy atom. The van der Waals surface area contributed by atoms with Gasteiger partial charge in [0.1, 0.15) is 55.6 Å². The molecule has 0 spiro atoms. The van der Waals surface area contributed by atoms with E-state index in [1.807, 2.05) is 6.07 Å². The Labute approximate surface area is 523 Å². The molecule has 88 heavy (non-hydrogen) atoms. The minimum Gasteiger partial charge on any atom is -0.459 e. The smallest absolute Gasteiger partial charge is 0.408 e. The summed E-state index contributed by atoms with van der Waals surface area (Å²) in [6, 6.07) is 22.7. The van der Waals surface area contributed by atoms with Gasteiger partial charge >= 0.3 is 24.2 Å². The number of esters is 1. The van der Waals surface area contributed by atoms with Crippen LogP contribution in [0, 0.1) is 6.92 Å². The number of nitrogens with two attached hydrogens (primary N) is 1. The van der Waals surface area contributed by atoms with Crippen LogP contribution in [0.4, 0.5) is 14.4 Å². The van der Waals surface area contributed by atoms with E-state index in [4.69, 9.17) is 47.9 Å². The normalized spacial score (nSPS) is 14.6. The molecule has 5 rings (SSSR count). The molecule has 4 aromatic rings. The number of amides is 7. The van der Waals surface area contributed by atoms with Crippen LogP contribution < -0.4 is 42.4 Å². The molecule has 478 valence electrons. The predicted octanol–water partition coefficient (Wildman–Crippen LogP) is 6.97. The minimum atomic E-state index is -4.10. The standard InChI is InChI=1S/C61H80Cl2N10O14S/c1-40-29-31-45(32-30-40)88(82,83)72-57(64)65-35-17-27-49(69-53(75)48(71-60(81)87-61(3,4)5)25-13-15-33-66-58(79)85-38-43-21-9-11-23-46(43)62)55(77)73-36-18-28-51(73)54(76)68-41(2)52(74)70-50(56(78)84-37-42-19-7-6-8-20-42)26-14-16-34-67-59(80)86-39-44-22-10-12-24-47(44)63/h6-12,19-24,29-32,41,48-51H,13-18,25-28,33-39H2,1-5H3,(H,66,79)(H,67,80)(H,68,76)(H,69,75)(H,70,74)(H,71,81)(H3,64,65,72)/t41-,48-,49-,50-,51-/m0/s1. The van der Waals surface area contributed by atoms with Gasteiger partial charge in [-0.3, -0.25) is 24.2 Å². The number of nitrogens with one attached hydrogen (secondary N) is 7. The van der Waals surface area contributed by atoms with E-state index in [1.165, 1.54) is 24.0 Å². The molecule has 0 bridgehead atoms. The second kappa shape index (κ2) is 35.6. The highest BCUT2D eigenvalue weighted by molar-refractivity contribution is 7.90. The SMILES string of the molecule is Cc1ccc(S(=O)(=O)NC(N)=NCCC[C@H](NC(=O)[C@H](CCCCNC(=O)OCc2ccccc2Cl)NC(=O)OC(C)(C)C)C(=O)N2CCC[C@H]2C(=O)N[C@@H](C)C(=O)N[C@@H](CCCCNC(=O)OCc2ccccc2Cl)C(=O)OCc2ccccc2)cc1. The molecule has 0 aromatic heterocycles. The maximum atomic E-state index is 14.8. The van der Waals surface area contributed by atoms with Gasteiger partial charge in [-0.2, -0.15) is 0 Å². The molecule has 0 radical (unpaired) electrons. The first-order valence-corrected chi connectivity index (χ1v) is 31.2. The number of likely N-dealkylation sites (tertiary alicyclic amines) is 1. The number of nitrogens with zero attached hydrogens (tertiary/aromatic N) is 2. The van der Waals surface area contributed by atoms with Crippen LogP contribution in [0.15, 0.2) is 113 Å². The monoisotopic (exact) mass is 1280 g/mol. The topological polar surface area (TPSA) is 333 Å². The molecule has 1 aliphatic rings. The summed E-state index contributed by atoms with van der Waals surface area (Å²) in [6.45, 7) is 8.25. The van der Waals surface area contributed by atoms with Gasteiger partial charge in [-0.1, -0.05) is 108 Å². The third kappa shape index (κ3) is 24.9. The van der Waals surface area contributed by atoms with E-state index in [9.17, 15) is 46.8 Å². The van der Waals surface area contributed by atoms with Crippen molar-refractivity contribution in [2.75, 3.05) is 26.2 Å². The average molecular weight is 1280 g/mol. The number of halogens is 2. The Kier molecular flexibility index (Phi) is 28.6. The number of rotatable bonds is 31. The van der Waals surface area contributed by atoms with Crippen LogP contribution in [0.25, 0.3) is 0 Å². The van der Waals surface area contributed by atoms with Gasteiger partial charge < -0.3 is 61.5 Å². The first-order chi connectivity index (χ1) is 41.9. The lowest BCUT2D eigenvalue weighted by Crippen LogP contribution is -2.58. The molecule has 0 unspecified atom stereocenters. The number of carbonyl (C=O) groups excluding carboxylic acids is 8. The lowest BCUT2D eigenvalue weighted by Gasteiger charge is -2.30. The third-order valence-electron chi connectivity index (χ3n) is 13.6. The molecule has 0 aliphatic carbocycles. The maximum absolute atomic E-state index is 14.8. The summed E-state index contributed by atoms with van der Waals surface area (Å²) < 4.78 is 49.9. The average Bonchev–Trinajstić information content (AvgIpc) is 4.12. The van der Waals surface area contributed by atoms with Crippen LogP contribution in [0.2, 0.25) is 10.0 Å². The van der Waals surface area contributed by atoms with Gasteiger partial charge in [-0.15, -0.1) is 0 Å². The fourth-order valence-electron chi connectivity index (χ4n) is 8.89. The highest BCUT2D eigenvalue weighted by atomic mass is 35.5. The second-order valence-electron chi connectivity index (χ2n) is 21.8. The molecular weight excluding hydrogens is 1200 g/mol. The molecular formula is C61H80Cl2N10O14S. The Bertz CT molecular complexity index is 3140. The lowest BCUT2D eigenvalue weighted by molar-refractivity contribution is -0.149. The van der Waals surface area contributed by atoms with Crippen molar-refractivity contribution in [2.45, 2.75) is 159 Å². The zero-order chi connectivity index (χ0) is 64.2. The summed E-state index contributed by atoms with van der Waals surface area (Å²) in [6.07, 6.45) is -0.339. The molecule has 0 saturated carbocycles. The van der Waals surface area contributed by atoms with E-state index in [-0.39, 0.29) is 89.4 Å². The minimum absolute atomic E-state index is 0.0180. The van der Waals surface area contributed by atoms with Crippen LogP contribution in [0.1, 0.15) is 114 Å². The number of aryl methyl sites for hydroxylation is 1. The highest BCUT2D eigenvalue weighted by Crippen LogP contribution is 2.22. The van der Waals surface area contributed by atoms with Crippen LogP contribution in [-0.2, 0) is 72.8 Å². The van der Waals surface area contributed by atoms with Crippen molar-refractivity contribution in [2.24, 2.45) is 10.7 Å². The van der Waals surface area contributed by atoms with E-state index in [1.54, 1.807) is 113 Å². The lowest BCUT2D eigenvalue weighted by atomic mass is 10.1. The van der Waals surface area contributed by atoms with Gasteiger partial charge in [0.15, 0.2) is 0 Å². The van der Waals surface area contributed by atoms with Crippen LogP contribution in [0.5, 0.6) is 0 Å². The van der Waals surface area contributed by atoms with Crippen molar-refractivity contribution >= 4 is 87.1 Å². The van der Waals surface area contributed by atoms with Crippen LogP contribution in [-0.4, -0.2) is 129 Å². The van der Waals surface area contributed by atoms with Crippen molar-refractivity contribution in [3.63, 3.8) is 0 Å².